The number of aromatic amines is 1. The number of likely N-dealkylation sites (tertiary alicyclic amines) is 1. The normalized spacial score (nSPS) is 18.4. The summed E-state index contributed by atoms with van der Waals surface area (Å²) in [6.07, 6.45) is 5.11. The third kappa shape index (κ3) is 2.99. The molecule has 1 N–H and O–H groups in total. The molecule has 3 heterocycles. The summed E-state index contributed by atoms with van der Waals surface area (Å²) >= 11 is 0. The molecule has 1 fully saturated rings. The number of carbonyl (C=O) groups is 1. The van der Waals surface area contributed by atoms with E-state index in [9.17, 15) is 4.79 Å². The lowest BCUT2D eigenvalue weighted by molar-refractivity contribution is -0.130. The Balaban J connectivity index is 1.53. The summed E-state index contributed by atoms with van der Waals surface area (Å²) < 4.78 is 1.88. The summed E-state index contributed by atoms with van der Waals surface area (Å²) in [5.41, 5.74) is 2.16. The van der Waals surface area contributed by atoms with Crippen LogP contribution in [0.4, 0.5) is 0 Å². The minimum Gasteiger partial charge on any atom is -0.346 e. The lowest BCUT2D eigenvalue weighted by Crippen LogP contribution is -2.29. The van der Waals surface area contributed by atoms with Gasteiger partial charge in [-0.15, -0.1) is 0 Å². The van der Waals surface area contributed by atoms with Gasteiger partial charge >= 0.3 is 0 Å². The monoisotopic (exact) mass is 287 g/mol. The van der Waals surface area contributed by atoms with Crippen molar-refractivity contribution >= 4 is 5.91 Å². The van der Waals surface area contributed by atoms with Crippen LogP contribution in [0.25, 0.3) is 0 Å². The quantitative estimate of drug-likeness (QED) is 0.929. The van der Waals surface area contributed by atoms with Gasteiger partial charge in [-0.2, -0.15) is 5.10 Å². The van der Waals surface area contributed by atoms with Crippen molar-refractivity contribution in [2.45, 2.75) is 39.2 Å². The van der Waals surface area contributed by atoms with E-state index in [4.69, 9.17) is 0 Å². The van der Waals surface area contributed by atoms with Crippen LogP contribution < -0.4 is 0 Å². The van der Waals surface area contributed by atoms with Gasteiger partial charge in [-0.1, -0.05) is 0 Å². The summed E-state index contributed by atoms with van der Waals surface area (Å²) in [7, 11) is 0. The largest absolute Gasteiger partial charge is 0.346 e. The molecule has 0 aromatic carbocycles. The second-order valence-electron chi connectivity index (χ2n) is 5.72. The molecule has 6 nitrogen and oxygen atoms in total. The molecule has 0 radical (unpaired) electrons. The molecule has 2 aromatic rings. The van der Waals surface area contributed by atoms with Crippen molar-refractivity contribution in [2.75, 3.05) is 13.1 Å². The van der Waals surface area contributed by atoms with E-state index in [2.05, 4.69) is 15.1 Å². The molecule has 1 atom stereocenters. The zero-order valence-corrected chi connectivity index (χ0v) is 12.5. The molecule has 1 aliphatic heterocycles. The van der Waals surface area contributed by atoms with Crippen molar-refractivity contribution in [3.63, 3.8) is 0 Å². The highest BCUT2D eigenvalue weighted by molar-refractivity contribution is 5.76. The number of H-pyrrole nitrogens is 1. The van der Waals surface area contributed by atoms with Crippen LogP contribution in [0.15, 0.2) is 18.5 Å². The topological polar surface area (TPSA) is 66.8 Å². The van der Waals surface area contributed by atoms with Gasteiger partial charge in [0.1, 0.15) is 5.82 Å². The second-order valence-corrected chi connectivity index (χ2v) is 5.72. The molecule has 2 aromatic heterocycles. The van der Waals surface area contributed by atoms with E-state index in [0.717, 1.165) is 36.7 Å². The fourth-order valence-electron chi connectivity index (χ4n) is 2.84. The average molecular weight is 287 g/mol. The van der Waals surface area contributed by atoms with Gasteiger partial charge in [0, 0.05) is 55.8 Å². The number of nitrogens with zero attached hydrogens (tertiary/aromatic N) is 4. The van der Waals surface area contributed by atoms with Crippen molar-refractivity contribution in [3.8, 4) is 0 Å². The molecule has 1 unspecified atom stereocenters. The summed E-state index contributed by atoms with van der Waals surface area (Å²) in [4.78, 5) is 21.9. The number of aromatic nitrogens is 4. The maximum atomic E-state index is 12.3. The van der Waals surface area contributed by atoms with E-state index in [1.54, 1.807) is 6.20 Å². The van der Waals surface area contributed by atoms with Crippen LogP contribution in [-0.2, 0) is 11.3 Å². The second kappa shape index (κ2) is 5.71. The highest BCUT2D eigenvalue weighted by Gasteiger charge is 2.28. The van der Waals surface area contributed by atoms with Crippen LogP contribution in [0.2, 0.25) is 0 Å². The molecular formula is C15H21N5O. The Morgan fingerprint density at radius 1 is 1.48 bits per heavy atom. The number of imidazole rings is 1. The lowest BCUT2D eigenvalue weighted by atomic mass is 10.1. The first kappa shape index (κ1) is 13.9. The standard InChI is InChI=1S/C15H21N5O/c1-11-9-16-15(18-11)13-4-7-19(10-13)14(21)5-8-20-12(2)3-6-17-20/h3,6,9,13H,4-5,7-8,10H2,1-2H3,(H,16,18). The SMILES string of the molecule is Cc1cnc(C2CCN(C(=O)CCn3nccc3C)C2)[nH]1. The first-order chi connectivity index (χ1) is 10.1. The van der Waals surface area contributed by atoms with Gasteiger partial charge in [-0.3, -0.25) is 9.48 Å². The van der Waals surface area contributed by atoms with Gasteiger partial charge in [-0.25, -0.2) is 4.98 Å². The Labute approximate surface area is 124 Å². The van der Waals surface area contributed by atoms with Crippen LogP contribution in [0, 0.1) is 13.8 Å². The minimum absolute atomic E-state index is 0.204. The minimum atomic E-state index is 0.204. The molecule has 1 amide bonds. The zero-order valence-electron chi connectivity index (χ0n) is 12.5. The summed E-state index contributed by atoms with van der Waals surface area (Å²) in [6.45, 7) is 6.24. The first-order valence-corrected chi connectivity index (χ1v) is 7.41. The molecule has 3 rings (SSSR count). The van der Waals surface area contributed by atoms with Crippen LogP contribution in [0.3, 0.4) is 0 Å². The predicted octanol–water partition coefficient (Wildman–Crippen LogP) is 1.63. The van der Waals surface area contributed by atoms with E-state index < -0.39 is 0 Å². The number of nitrogens with one attached hydrogen (secondary N) is 1. The van der Waals surface area contributed by atoms with Gasteiger partial charge in [0.05, 0.1) is 0 Å². The molecule has 0 spiro atoms. The van der Waals surface area contributed by atoms with Crippen LogP contribution in [-0.4, -0.2) is 43.6 Å². The average Bonchev–Trinajstić information content (AvgIpc) is 3.16. The summed E-state index contributed by atoms with van der Waals surface area (Å²) in [6, 6.07) is 1.95. The summed E-state index contributed by atoms with van der Waals surface area (Å²) in [5.74, 6) is 1.55. The molecule has 21 heavy (non-hydrogen) atoms. The Hall–Kier alpha value is -2.11. The van der Waals surface area contributed by atoms with E-state index in [1.165, 1.54) is 0 Å². The maximum absolute atomic E-state index is 12.3. The molecule has 1 saturated heterocycles. The molecule has 112 valence electrons. The number of hydrogen-bond donors (Lipinski definition) is 1. The Morgan fingerprint density at radius 3 is 3.00 bits per heavy atom. The third-order valence-corrected chi connectivity index (χ3v) is 4.12. The van der Waals surface area contributed by atoms with Crippen molar-refractivity contribution in [1.29, 1.82) is 0 Å². The number of rotatable bonds is 4. The van der Waals surface area contributed by atoms with Gasteiger partial charge in [0.25, 0.3) is 0 Å². The Bertz CT molecular complexity index is 630. The Morgan fingerprint density at radius 2 is 2.33 bits per heavy atom. The lowest BCUT2D eigenvalue weighted by Gasteiger charge is -2.16. The molecule has 0 bridgehead atoms. The van der Waals surface area contributed by atoms with E-state index in [-0.39, 0.29) is 5.91 Å². The molecule has 0 saturated carbocycles. The Kier molecular flexibility index (Phi) is 3.77. The number of carbonyl (C=O) groups excluding carboxylic acids is 1. The molecule has 1 aliphatic rings. The van der Waals surface area contributed by atoms with Crippen molar-refractivity contribution in [2.24, 2.45) is 0 Å². The highest BCUT2D eigenvalue weighted by Crippen LogP contribution is 2.25. The number of aryl methyl sites for hydroxylation is 3. The molecular weight excluding hydrogens is 266 g/mol. The van der Waals surface area contributed by atoms with Crippen molar-refractivity contribution in [3.05, 3.63) is 35.7 Å². The van der Waals surface area contributed by atoms with Crippen LogP contribution in [0.5, 0.6) is 0 Å². The van der Waals surface area contributed by atoms with E-state index in [1.807, 2.05) is 35.7 Å². The fraction of sp³-hybridized carbons (Fsp3) is 0.533. The van der Waals surface area contributed by atoms with Gasteiger partial charge in [0.2, 0.25) is 5.91 Å². The summed E-state index contributed by atoms with van der Waals surface area (Å²) in [5, 5.41) is 4.21. The zero-order chi connectivity index (χ0) is 14.8. The van der Waals surface area contributed by atoms with Gasteiger partial charge in [-0.05, 0) is 26.3 Å². The highest BCUT2D eigenvalue weighted by atomic mass is 16.2. The van der Waals surface area contributed by atoms with Gasteiger partial charge < -0.3 is 9.88 Å². The third-order valence-electron chi connectivity index (χ3n) is 4.12. The van der Waals surface area contributed by atoms with E-state index >= 15 is 0 Å². The number of amides is 1. The van der Waals surface area contributed by atoms with E-state index in [0.29, 0.717) is 18.9 Å². The van der Waals surface area contributed by atoms with Crippen LogP contribution in [0.1, 0.15) is 36.0 Å². The van der Waals surface area contributed by atoms with Crippen molar-refractivity contribution in [1.82, 2.24) is 24.6 Å². The van der Waals surface area contributed by atoms with Crippen LogP contribution >= 0.6 is 0 Å². The predicted molar refractivity (Wildman–Crippen MR) is 78.8 cm³/mol. The smallest absolute Gasteiger partial charge is 0.224 e. The molecule has 0 aliphatic carbocycles. The fourth-order valence-corrected chi connectivity index (χ4v) is 2.84. The number of hydrogen-bond acceptors (Lipinski definition) is 3. The van der Waals surface area contributed by atoms with Crippen molar-refractivity contribution < 1.29 is 4.79 Å². The first-order valence-electron chi connectivity index (χ1n) is 7.41. The molecule has 6 heteroatoms. The van der Waals surface area contributed by atoms with Gasteiger partial charge in [0.15, 0.2) is 0 Å². The maximum Gasteiger partial charge on any atom is 0.224 e.